The molecule has 4 aromatic rings. The Kier molecular flexibility index (Phi) is 12.1. The Morgan fingerprint density at radius 2 is 0.959 bits per heavy atom. The van der Waals surface area contributed by atoms with Crippen molar-refractivity contribution < 1.29 is 19.1 Å². The highest BCUT2D eigenvalue weighted by molar-refractivity contribution is 6.06. The van der Waals surface area contributed by atoms with Crippen molar-refractivity contribution in [2.75, 3.05) is 6.61 Å². The zero-order chi connectivity index (χ0) is 35.4. The summed E-state index contributed by atoms with van der Waals surface area (Å²) in [5.41, 5.74) is 2.50. The summed E-state index contributed by atoms with van der Waals surface area (Å²) in [4.78, 5) is 27.4. The van der Waals surface area contributed by atoms with Crippen LogP contribution in [0, 0.1) is 40.4 Å². The van der Waals surface area contributed by atoms with Gasteiger partial charge in [0.05, 0.1) is 6.61 Å². The third-order valence-electron chi connectivity index (χ3n) is 7.81. The molecule has 6 heteroatoms. The minimum Gasteiger partial charge on any atom is -0.461 e. The lowest BCUT2D eigenvalue weighted by Gasteiger charge is -2.32. The predicted octanol–water partition coefficient (Wildman–Crippen LogP) is 9.16. The molecule has 0 fully saturated rings. The zero-order valence-corrected chi connectivity index (χ0v) is 28.5. The normalized spacial score (nSPS) is 11.7. The molecule has 0 N–H and O–H groups in total. The van der Waals surface area contributed by atoms with Gasteiger partial charge in [-0.25, -0.2) is 9.59 Å². The van der Waals surface area contributed by atoms with E-state index >= 15 is 0 Å². The number of benzene rings is 4. The fourth-order valence-corrected chi connectivity index (χ4v) is 5.73. The van der Waals surface area contributed by atoms with Crippen LogP contribution in [-0.4, -0.2) is 24.6 Å². The zero-order valence-electron chi connectivity index (χ0n) is 28.5. The molecule has 0 aliphatic rings. The fraction of sp³-hybridized carbons (Fsp3) is 0.233. The highest BCUT2D eigenvalue weighted by atomic mass is 16.5. The van der Waals surface area contributed by atoms with Gasteiger partial charge in [-0.1, -0.05) is 149 Å². The van der Waals surface area contributed by atoms with Crippen LogP contribution in [0.5, 0.6) is 0 Å². The summed E-state index contributed by atoms with van der Waals surface area (Å²) in [6.07, 6.45) is 0.0574. The highest BCUT2D eigenvalue weighted by Crippen LogP contribution is 2.34. The van der Waals surface area contributed by atoms with Crippen molar-refractivity contribution in [1.82, 2.24) is 0 Å². The second-order valence-corrected chi connectivity index (χ2v) is 13.5. The molecular weight excluding hydrogens is 608 g/mol. The van der Waals surface area contributed by atoms with Gasteiger partial charge in [0.1, 0.15) is 29.4 Å². The molecule has 4 rings (SSSR count). The average molecular weight is 650 g/mol. The first-order valence-electron chi connectivity index (χ1n) is 16.2. The molecule has 49 heavy (non-hydrogen) atoms. The maximum absolute atomic E-state index is 13.8. The maximum Gasteiger partial charge on any atom is 0.349 e. The second kappa shape index (κ2) is 16.4. The Bertz CT molecular complexity index is 1790. The van der Waals surface area contributed by atoms with E-state index in [-0.39, 0.29) is 17.8 Å². The van der Waals surface area contributed by atoms with Gasteiger partial charge < -0.3 is 9.47 Å². The fourth-order valence-electron chi connectivity index (χ4n) is 5.73. The monoisotopic (exact) mass is 649 g/mol. The lowest BCUT2D eigenvalue weighted by atomic mass is 9.81. The van der Waals surface area contributed by atoms with E-state index in [4.69, 9.17) is 9.47 Å². The topological polar surface area (TPSA) is 100 Å². The first-order chi connectivity index (χ1) is 23.4. The van der Waals surface area contributed by atoms with Gasteiger partial charge in [0.2, 0.25) is 0 Å². The Morgan fingerprint density at radius 3 is 1.29 bits per heavy atom. The number of hydrogen-bond acceptors (Lipinski definition) is 6. The van der Waals surface area contributed by atoms with E-state index in [9.17, 15) is 20.1 Å². The molecule has 1 atom stereocenters. The van der Waals surface area contributed by atoms with Crippen molar-refractivity contribution in [3.05, 3.63) is 162 Å². The molecule has 1 unspecified atom stereocenters. The molecule has 0 spiro atoms. The molecule has 0 aliphatic carbocycles. The molecule has 0 bridgehead atoms. The quantitative estimate of drug-likeness (QED) is 0.0813. The number of hydrogen-bond donors (Lipinski definition) is 0. The van der Waals surface area contributed by atoms with Gasteiger partial charge in [0.15, 0.2) is 0 Å². The van der Waals surface area contributed by atoms with Gasteiger partial charge in [-0.3, -0.25) is 0 Å². The van der Waals surface area contributed by atoms with Gasteiger partial charge in [0.25, 0.3) is 0 Å². The van der Waals surface area contributed by atoms with Crippen LogP contribution in [0.4, 0.5) is 0 Å². The predicted molar refractivity (Wildman–Crippen MR) is 192 cm³/mol. The number of nitrogens with zero attached hydrogens (tertiary/aromatic N) is 2. The molecule has 247 valence electrons. The highest BCUT2D eigenvalue weighted by Gasteiger charge is 2.33. The molecule has 1 radical (unpaired) electrons. The number of rotatable bonds is 13. The Morgan fingerprint density at radius 1 is 0.612 bits per heavy atom. The minimum atomic E-state index is -0.741. The summed E-state index contributed by atoms with van der Waals surface area (Å²) in [6, 6.07) is 41.3. The van der Waals surface area contributed by atoms with Crippen molar-refractivity contribution >= 4 is 23.1 Å². The van der Waals surface area contributed by atoms with Crippen LogP contribution in [0.1, 0.15) is 62.8 Å². The van der Waals surface area contributed by atoms with E-state index in [2.05, 4.69) is 19.1 Å². The number of esters is 2. The van der Waals surface area contributed by atoms with Gasteiger partial charge >= 0.3 is 11.9 Å². The summed E-state index contributed by atoms with van der Waals surface area (Å²) >= 11 is 0. The molecule has 0 heterocycles. The Labute approximate surface area is 289 Å². The molecule has 0 aliphatic heterocycles. The van der Waals surface area contributed by atoms with Crippen molar-refractivity contribution in [2.24, 2.45) is 10.8 Å². The molecule has 6 nitrogen and oxygen atoms in total. The van der Waals surface area contributed by atoms with E-state index in [1.165, 1.54) is 0 Å². The minimum absolute atomic E-state index is 0.0419. The standard InChI is InChI=1S/C43H41N2O4/c1-42(2,3)26-35(49-41(47)37(29-45)39(33-22-14-8-15-23-33)34-24-16-9-17-25-34)27-43(4,5)30-48-40(46)36(28-44)38(31-18-10-6-11-19-31)32-20-12-7-13-21-32/h6-25,35H,1,26-27,30H2,2-5H3. The molecule has 0 amide bonds. The summed E-state index contributed by atoms with van der Waals surface area (Å²) in [5, 5.41) is 20.5. The van der Waals surface area contributed by atoms with Crippen molar-refractivity contribution in [2.45, 2.75) is 46.6 Å². The third-order valence-corrected chi connectivity index (χ3v) is 7.81. The number of ether oxygens (including phenoxy) is 2. The molecule has 0 saturated heterocycles. The van der Waals surface area contributed by atoms with Crippen LogP contribution < -0.4 is 0 Å². The maximum atomic E-state index is 13.8. The largest absolute Gasteiger partial charge is 0.461 e. The van der Waals surface area contributed by atoms with E-state index in [0.717, 1.165) is 22.3 Å². The van der Waals surface area contributed by atoms with E-state index in [0.29, 0.717) is 24.0 Å². The van der Waals surface area contributed by atoms with Crippen LogP contribution in [0.25, 0.3) is 11.1 Å². The smallest absolute Gasteiger partial charge is 0.349 e. The van der Waals surface area contributed by atoms with Gasteiger partial charge in [0, 0.05) is 16.6 Å². The van der Waals surface area contributed by atoms with Crippen LogP contribution in [-0.2, 0) is 19.1 Å². The van der Waals surface area contributed by atoms with Gasteiger partial charge in [-0.2, -0.15) is 10.5 Å². The average Bonchev–Trinajstić information content (AvgIpc) is 3.09. The first-order valence-corrected chi connectivity index (χ1v) is 16.2. The Balaban J connectivity index is 1.60. The summed E-state index contributed by atoms with van der Waals surface area (Å²) < 4.78 is 11.9. The van der Waals surface area contributed by atoms with Crippen LogP contribution in [0.3, 0.4) is 0 Å². The van der Waals surface area contributed by atoms with E-state index in [1.807, 2.05) is 149 Å². The van der Waals surface area contributed by atoms with Crippen LogP contribution in [0.15, 0.2) is 132 Å². The number of carbonyl (C=O) groups is 2. The Hall–Kier alpha value is -5.72. The first kappa shape index (κ1) is 36.1. The molecular formula is C43H41N2O4. The van der Waals surface area contributed by atoms with Crippen LogP contribution in [0.2, 0.25) is 0 Å². The third kappa shape index (κ3) is 10.1. The molecule has 0 saturated carbocycles. The lowest BCUT2D eigenvalue weighted by molar-refractivity contribution is -0.149. The van der Waals surface area contributed by atoms with E-state index in [1.54, 1.807) is 0 Å². The van der Waals surface area contributed by atoms with Gasteiger partial charge in [-0.05, 0) is 47.4 Å². The molecule has 4 aromatic carbocycles. The SMILES string of the molecule is [CH2]C(C)(C)CC(CC(C)(C)COC(=O)C(C#N)=C(c1ccccc1)c1ccccc1)OC(=O)C(C#N)=C(c1ccccc1)c1ccccc1. The van der Waals surface area contributed by atoms with Crippen LogP contribution >= 0.6 is 0 Å². The summed E-state index contributed by atoms with van der Waals surface area (Å²) in [5.74, 6) is -1.48. The summed E-state index contributed by atoms with van der Waals surface area (Å²) in [6.45, 7) is 11.9. The number of nitriles is 2. The lowest BCUT2D eigenvalue weighted by Crippen LogP contribution is -2.33. The number of carbonyl (C=O) groups excluding carboxylic acids is 2. The van der Waals surface area contributed by atoms with Crippen molar-refractivity contribution in [3.63, 3.8) is 0 Å². The second-order valence-electron chi connectivity index (χ2n) is 13.5. The van der Waals surface area contributed by atoms with E-state index < -0.39 is 28.9 Å². The molecule has 0 aromatic heterocycles. The van der Waals surface area contributed by atoms with Crippen molar-refractivity contribution in [3.8, 4) is 12.1 Å². The van der Waals surface area contributed by atoms with Gasteiger partial charge in [-0.15, -0.1) is 0 Å². The van der Waals surface area contributed by atoms with Crippen molar-refractivity contribution in [1.29, 1.82) is 10.5 Å². The summed E-state index contributed by atoms with van der Waals surface area (Å²) in [7, 11) is 0.